The summed E-state index contributed by atoms with van der Waals surface area (Å²) in [7, 11) is 0. The van der Waals surface area contributed by atoms with Gasteiger partial charge in [0, 0.05) is 34.8 Å². The van der Waals surface area contributed by atoms with E-state index >= 15 is 0 Å². The second-order valence-electron chi connectivity index (χ2n) is 11.6. The van der Waals surface area contributed by atoms with Crippen molar-refractivity contribution in [2.45, 2.75) is 91.8 Å². The van der Waals surface area contributed by atoms with Crippen LogP contribution in [0.2, 0.25) is 0 Å². The number of nitrogens with two attached hydrogens (primary N) is 1. The highest BCUT2D eigenvalue weighted by molar-refractivity contribution is 8.00. The number of nitrogens with one attached hydrogen (secondary N) is 4. The summed E-state index contributed by atoms with van der Waals surface area (Å²) in [6, 6.07) is -2.33. The Morgan fingerprint density at radius 2 is 1.39 bits per heavy atom. The van der Waals surface area contributed by atoms with Gasteiger partial charge in [0.05, 0.1) is 24.2 Å². The Hall–Kier alpha value is -4.28. The highest BCUT2D eigenvalue weighted by Gasteiger charge is 2.48. The van der Waals surface area contributed by atoms with Crippen LogP contribution in [-0.2, 0) is 24.0 Å². The average molecular weight is 740 g/mol. The van der Waals surface area contributed by atoms with E-state index in [1.54, 1.807) is 23.5 Å². The molecule has 0 saturated carbocycles. The molecule has 5 aliphatic rings. The molecule has 18 nitrogen and oxygen atoms in total. The van der Waals surface area contributed by atoms with E-state index in [0.29, 0.717) is 30.0 Å². The summed E-state index contributed by atoms with van der Waals surface area (Å²) in [5.41, 5.74) is 2.67. The number of fused-ring (bicyclic) bond motifs is 2. The molecule has 0 aromatic carbocycles. The molecule has 0 radical (unpaired) electrons. The van der Waals surface area contributed by atoms with Crippen molar-refractivity contribution < 1.29 is 67.0 Å². The van der Waals surface area contributed by atoms with Crippen molar-refractivity contribution in [2.75, 3.05) is 11.5 Å². The van der Waals surface area contributed by atoms with Gasteiger partial charge >= 0.3 is 41.8 Å². The first-order chi connectivity index (χ1) is 23.0. The second-order valence-corrected chi connectivity index (χ2v) is 14.1. The predicted octanol–water partition coefficient (Wildman–Crippen LogP) is -0.813. The zero-order valence-electron chi connectivity index (χ0n) is 25.5. The number of nitrogens with zero attached hydrogens (tertiary/aromatic N) is 3. The number of imide groups is 1. The Kier molecular flexibility index (Phi) is 11.9. The number of carbonyl (C=O) groups is 7. The molecule has 5 aliphatic heterocycles. The van der Waals surface area contributed by atoms with Gasteiger partial charge < -0.3 is 37.2 Å². The predicted molar refractivity (Wildman–Crippen MR) is 164 cm³/mol. The topological polar surface area (TPSA) is 273 Å². The number of thioether (sulfide) groups is 2. The van der Waals surface area contributed by atoms with Crippen LogP contribution < -0.4 is 27.0 Å². The molecule has 0 aliphatic carbocycles. The van der Waals surface area contributed by atoms with Crippen LogP contribution in [0.15, 0.2) is 4.99 Å². The molecule has 9 N–H and O–H groups in total. The minimum atomic E-state index is -4.86. The third kappa shape index (κ3) is 9.05. The van der Waals surface area contributed by atoms with Crippen molar-refractivity contribution in [1.82, 2.24) is 26.3 Å². The lowest BCUT2D eigenvalue weighted by Gasteiger charge is -2.19. The highest BCUT2D eigenvalue weighted by atomic mass is 32.2. The number of halogens is 3. The van der Waals surface area contributed by atoms with E-state index in [0.717, 1.165) is 5.75 Å². The zero-order valence-corrected chi connectivity index (χ0v) is 27.1. The fraction of sp³-hybridized carbons (Fsp3) is 0.654. The van der Waals surface area contributed by atoms with Gasteiger partial charge in [-0.2, -0.15) is 36.7 Å². The summed E-state index contributed by atoms with van der Waals surface area (Å²) in [6.45, 7) is 0. The molecule has 270 valence electrons. The van der Waals surface area contributed by atoms with Crippen molar-refractivity contribution in [3.8, 4) is 0 Å². The van der Waals surface area contributed by atoms with Crippen LogP contribution in [0.5, 0.6) is 0 Å². The molecule has 0 bridgehead atoms. The van der Waals surface area contributed by atoms with Gasteiger partial charge in [0.25, 0.3) is 11.8 Å². The van der Waals surface area contributed by atoms with Crippen LogP contribution in [0.1, 0.15) is 44.9 Å². The molecule has 5 saturated heterocycles. The van der Waals surface area contributed by atoms with E-state index in [1.165, 1.54) is 0 Å². The molecule has 5 heterocycles. The monoisotopic (exact) mass is 739 g/mol. The Morgan fingerprint density at radius 1 is 0.898 bits per heavy atom. The van der Waals surface area contributed by atoms with E-state index < -0.39 is 47.6 Å². The summed E-state index contributed by atoms with van der Waals surface area (Å²) in [5, 5.41) is 42.5. The smallest absolute Gasteiger partial charge is 0.470 e. The summed E-state index contributed by atoms with van der Waals surface area (Å²) in [4.78, 5) is 86.1. The molecule has 5 rings (SSSR count). The Balaban J connectivity index is 0.000000698. The molecule has 5 fully saturated rings. The lowest BCUT2D eigenvalue weighted by atomic mass is 9.99. The van der Waals surface area contributed by atoms with Crippen LogP contribution in [-0.4, -0.2) is 137 Å². The average Bonchev–Trinajstić information content (AvgIpc) is 3.80. The van der Waals surface area contributed by atoms with E-state index in [9.17, 15) is 57.4 Å². The maximum atomic E-state index is 12.4. The van der Waals surface area contributed by atoms with Crippen molar-refractivity contribution in [1.29, 1.82) is 0 Å². The van der Waals surface area contributed by atoms with Crippen LogP contribution in [0.3, 0.4) is 0 Å². The van der Waals surface area contributed by atoms with Crippen molar-refractivity contribution in [3.63, 3.8) is 0 Å². The van der Waals surface area contributed by atoms with E-state index in [1.807, 2.05) is 0 Å². The number of hydrogen-bond acceptors (Lipinski definition) is 11. The number of hydrazone groups is 1. The maximum absolute atomic E-state index is 12.4. The number of rotatable bonds is 12. The third-order valence-electron chi connectivity index (χ3n) is 8.31. The standard InChI is InChI=1S/C24H31N7O9S2.C2H2F3NO/c32-16-6-7-17(33)30(16)31(40)20(22(36)37)10(4-5-15-19-13(9-42-15)27-24(39)29-19)25-11(21(34)35)2-1-3-14-18-12(8-41-14)26-23(38)28-18;3-2(4,5)1(6)7/h10,12-15,18-19H,1-9H2,(H6-,26,27,28,29,34,35,36,37,38,39,40);(H2,6,7)/p+1/t10?,12-,13-,14-,15-,18-,19-;/m0./s1. The lowest BCUT2D eigenvalue weighted by molar-refractivity contribution is -0.860. The summed E-state index contributed by atoms with van der Waals surface area (Å²) in [5.74, 6) is -5.50. The van der Waals surface area contributed by atoms with Gasteiger partial charge in [-0.05, 0) is 37.1 Å². The number of amides is 7. The van der Waals surface area contributed by atoms with Gasteiger partial charge in [0.2, 0.25) is 0 Å². The van der Waals surface area contributed by atoms with E-state index in [-0.39, 0.29) is 83.0 Å². The molecule has 1 unspecified atom stereocenters. The zero-order chi connectivity index (χ0) is 36.2. The van der Waals surface area contributed by atoms with Gasteiger partial charge in [-0.3, -0.25) is 24.6 Å². The SMILES string of the molecule is NC(=O)C(F)(F)F.O=C1N[C@H]2[C@H](CS[C@H]2CCCC(=NC(CC[C@@H]2SC[C@@H]3NC(=O)N[C@@H]32)C(C(=O)O)=[N+](O)N2C(=O)CCC2=O)C(=O)O)N1. The molecule has 49 heavy (non-hydrogen) atoms. The third-order valence-corrected chi connectivity index (χ3v) is 11.3. The lowest BCUT2D eigenvalue weighted by Crippen LogP contribution is -2.47. The summed E-state index contributed by atoms with van der Waals surface area (Å²) >= 11 is 3.24. The molecule has 23 heteroatoms. The van der Waals surface area contributed by atoms with Crippen molar-refractivity contribution in [3.05, 3.63) is 0 Å². The molecule has 0 spiro atoms. The molecular formula is C26H34F3N8O10S2+. The number of hydrazine groups is 1. The minimum Gasteiger partial charge on any atom is -0.477 e. The first kappa shape index (κ1) is 37.5. The van der Waals surface area contributed by atoms with Gasteiger partial charge in [0.1, 0.15) is 10.6 Å². The normalized spacial score (nSPS) is 28.7. The highest BCUT2D eigenvalue weighted by Crippen LogP contribution is 2.34. The summed E-state index contributed by atoms with van der Waals surface area (Å²) in [6.07, 6.45) is -4.05. The quantitative estimate of drug-likeness (QED) is 0.0305. The molecule has 7 atom stereocenters. The number of hydrogen-bond donors (Lipinski definition) is 8. The first-order valence-corrected chi connectivity index (χ1v) is 17.1. The van der Waals surface area contributed by atoms with Crippen LogP contribution in [0.25, 0.3) is 0 Å². The Morgan fingerprint density at radius 3 is 1.84 bits per heavy atom. The Labute approximate surface area is 283 Å². The minimum absolute atomic E-state index is 0.00951. The summed E-state index contributed by atoms with van der Waals surface area (Å²) < 4.78 is 32.1. The van der Waals surface area contributed by atoms with Gasteiger partial charge in [-0.1, -0.05) is 0 Å². The fourth-order valence-corrected chi connectivity index (χ4v) is 9.06. The first-order valence-electron chi connectivity index (χ1n) is 15.0. The maximum Gasteiger partial charge on any atom is 0.470 e. The van der Waals surface area contributed by atoms with Crippen LogP contribution in [0.4, 0.5) is 22.8 Å². The number of aliphatic carboxylic acids is 2. The number of alkyl halides is 3. The number of carbonyl (C=O) groups excluding carboxylic acids is 5. The van der Waals surface area contributed by atoms with E-state index in [4.69, 9.17) is 4.79 Å². The van der Waals surface area contributed by atoms with Gasteiger partial charge in [-0.25, -0.2) is 19.2 Å². The van der Waals surface area contributed by atoms with Crippen LogP contribution >= 0.6 is 23.5 Å². The van der Waals surface area contributed by atoms with Gasteiger partial charge in [-0.15, -0.1) is 0 Å². The number of primary amides is 1. The number of carboxylic acid groups (broad SMARTS) is 2. The van der Waals surface area contributed by atoms with Gasteiger partial charge in [0.15, 0.2) is 6.04 Å². The fourth-order valence-electron chi connectivity index (χ4n) is 6.00. The number of aliphatic imine (C=N–C) groups is 1. The van der Waals surface area contributed by atoms with Crippen molar-refractivity contribution >= 4 is 76.7 Å². The number of carboxylic acids is 2. The van der Waals surface area contributed by atoms with Crippen LogP contribution in [0, 0.1) is 0 Å². The molecule has 0 aromatic rings. The van der Waals surface area contributed by atoms with E-state index in [2.05, 4.69) is 32.0 Å². The largest absolute Gasteiger partial charge is 0.477 e. The second kappa shape index (κ2) is 15.5. The molecular weight excluding hydrogens is 705 g/mol. The number of urea groups is 2. The Bertz CT molecular complexity index is 1450. The molecule has 0 aromatic heterocycles. The van der Waals surface area contributed by atoms with Crippen molar-refractivity contribution in [2.24, 2.45) is 10.7 Å². The molecule has 7 amide bonds.